The zero-order chi connectivity index (χ0) is 15.1. The van der Waals surface area contributed by atoms with Gasteiger partial charge in [-0.1, -0.05) is 24.6 Å². The van der Waals surface area contributed by atoms with E-state index in [2.05, 4.69) is 35.3 Å². The van der Waals surface area contributed by atoms with Crippen LogP contribution < -0.4 is 10.2 Å². The molecule has 0 saturated carbocycles. The van der Waals surface area contributed by atoms with E-state index in [0.29, 0.717) is 12.5 Å². The molecule has 0 aromatic heterocycles. The van der Waals surface area contributed by atoms with Crippen LogP contribution in [0.3, 0.4) is 0 Å². The molecule has 1 aromatic carbocycles. The van der Waals surface area contributed by atoms with E-state index in [0.717, 1.165) is 49.6 Å². The van der Waals surface area contributed by atoms with Crippen LogP contribution in [0, 0.1) is 5.92 Å². The molecule has 2 rings (SSSR count). The fourth-order valence-corrected chi connectivity index (χ4v) is 3.24. The van der Waals surface area contributed by atoms with Gasteiger partial charge in [0.25, 0.3) is 0 Å². The summed E-state index contributed by atoms with van der Waals surface area (Å²) >= 11 is 6.42. The van der Waals surface area contributed by atoms with Crippen molar-refractivity contribution in [2.24, 2.45) is 5.92 Å². The molecule has 4 heteroatoms. The summed E-state index contributed by atoms with van der Waals surface area (Å²) in [5.74, 6) is 0.605. The Kier molecular flexibility index (Phi) is 6.81. The molecule has 3 nitrogen and oxygen atoms in total. The van der Waals surface area contributed by atoms with Gasteiger partial charge < -0.3 is 15.3 Å². The van der Waals surface area contributed by atoms with Gasteiger partial charge in [0.1, 0.15) is 0 Å². The first kappa shape index (κ1) is 16.6. The van der Waals surface area contributed by atoms with Crippen molar-refractivity contribution >= 4 is 17.3 Å². The molecule has 0 aliphatic carbocycles. The second-order valence-corrected chi connectivity index (χ2v) is 6.33. The molecule has 1 aliphatic heterocycles. The lowest BCUT2D eigenvalue weighted by Gasteiger charge is -2.34. The molecule has 0 amide bonds. The number of nitrogens with zero attached hydrogens (tertiary/aromatic N) is 1. The highest BCUT2D eigenvalue weighted by Crippen LogP contribution is 2.28. The summed E-state index contributed by atoms with van der Waals surface area (Å²) in [6.07, 6.45) is 4.46. The summed E-state index contributed by atoms with van der Waals surface area (Å²) in [5, 5.41) is 13.3. The summed E-state index contributed by atoms with van der Waals surface area (Å²) in [6.45, 7) is 6.43. The minimum Gasteiger partial charge on any atom is -0.396 e. The van der Waals surface area contributed by atoms with E-state index >= 15 is 0 Å². The summed E-state index contributed by atoms with van der Waals surface area (Å²) < 4.78 is 0. The molecular weight excluding hydrogens is 284 g/mol. The first-order valence-electron chi connectivity index (χ1n) is 8.09. The molecule has 0 spiro atoms. The summed E-state index contributed by atoms with van der Waals surface area (Å²) in [4.78, 5) is 2.40. The number of benzene rings is 1. The lowest BCUT2D eigenvalue weighted by molar-refractivity contribution is 0.244. The number of rotatable bonds is 7. The van der Waals surface area contributed by atoms with Gasteiger partial charge in [-0.2, -0.15) is 0 Å². The molecule has 1 atom stereocenters. The minimum atomic E-state index is 0.293. The van der Waals surface area contributed by atoms with Gasteiger partial charge in [0.2, 0.25) is 0 Å². The van der Waals surface area contributed by atoms with Gasteiger partial charge in [-0.25, -0.2) is 0 Å². The zero-order valence-electron chi connectivity index (χ0n) is 12.9. The van der Waals surface area contributed by atoms with Crippen molar-refractivity contribution in [1.29, 1.82) is 0 Å². The number of hydrogen-bond acceptors (Lipinski definition) is 3. The van der Waals surface area contributed by atoms with E-state index < -0.39 is 0 Å². The number of halogens is 1. The van der Waals surface area contributed by atoms with Crippen molar-refractivity contribution in [2.75, 3.05) is 31.1 Å². The molecule has 0 radical (unpaired) electrons. The maximum absolute atomic E-state index is 9.11. The Morgan fingerprint density at radius 2 is 2.29 bits per heavy atom. The third-order valence-corrected chi connectivity index (χ3v) is 4.55. The van der Waals surface area contributed by atoms with Crippen LogP contribution in [0.4, 0.5) is 5.69 Å². The Labute approximate surface area is 133 Å². The van der Waals surface area contributed by atoms with Gasteiger partial charge in [0, 0.05) is 37.0 Å². The Morgan fingerprint density at radius 1 is 1.43 bits per heavy atom. The molecule has 1 aliphatic rings. The van der Waals surface area contributed by atoms with Crippen LogP contribution in [-0.2, 0) is 6.54 Å². The van der Waals surface area contributed by atoms with Crippen molar-refractivity contribution in [2.45, 2.75) is 39.2 Å². The summed E-state index contributed by atoms with van der Waals surface area (Å²) in [5.41, 5.74) is 2.37. The first-order valence-corrected chi connectivity index (χ1v) is 8.47. The second kappa shape index (κ2) is 8.62. The van der Waals surface area contributed by atoms with Crippen LogP contribution >= 0.6 is 11.6 Å². The molecule has 1 heterocycles. The second-order valence-electron chi connectivity index (χ2n) is 5.92. The lowest BCUT2D eigenvalue weighted by atomic mass is 9.94. The van der Waals surface area contributed by atoms with Gasteiger partial charge in [0.15, 0.2) is 0 Å². The van der Waals surface area contributed by atoms with Crippen molar-refractivity contribution in [3.8, 4) is 0 Å². The van der Waals surface area contributed by atoms with E-state index in [4.69, 9.17) is 16.7 Å². The maximum Gasteiger partial charge on any atom is 0.0471 e. The number of piperidine rings is 1. The quantitative estimate of drug-likeness (QED) is 0.757. The molecule has 118 valence electrons. The van der Waals surface area contributed by atoms with Crippen molar-refractivity contribution < 1.29 is 5.11 Å². The van der Waals surface area contributed by atoms with E-state index in [9.17, 15) is 0 Å². The van der Waals surface area contributed by atoms with E-state index in [-0.39, 0.29) is 0 Å². The topological polar surface area (TPSA) is 35.5 Å². The highest BCUT2D eigenvalue weighted by Gasteiger charge is 2.20. The lowest BCUT2D eigenvalue weighted by Crippen LogP contribution is -2.35. The minimum absolute atomic E-state index is 0.293. The van der Waals surface area contributed by atoms with Crippen LogP contribution in [0.1, 0.15) is 38.2 Å². The number of aliphatic hydroxyl groups excluding tert-OH is 1. The Hall–Kier alpha value is -0.770. The fourth-order valence-electron chi connectivity index (χ4n) is 2.99. The third-order valence-electron chi connectivity index (χ3n) is 4.20. The molecule has 1 fully saturated rings. The highest BCUT2D eigenvalue weighted by atomic mass is 35.5. The largest absolute Gasteiger partial charge is 0.396 e. The molecule has 21 heavy (non-hydrogen) atoms. The average Bonchev–Trinajstić information content (AvgIpc) is 2.50. The van der Waals surface area contributed by atoms with Crippen LogP contribution in [0.15, 0.2) is 18.2 Å². The van der Waals surface area contributed by atoms with Crippen LogP contribution in [-0.4, -0.2) is 31.3 Å². The zero-order valence-corrected chi connectivity index (χ0v) is 13.7. The SMILES string of the molecule is CCCNCc1ccc(N2CCCC(CCO)C2)cc1Cl. The van der Waals surface area contributed by atoms with Gasteiger partial charge in [-0.3, -0.25) is 0 Å². The molecule has 1 aromatic rings. The fraction of sp³-hybridized carbons (Fsp3) is 0.647. The summed E-state index contributed by atoms with van der Waals surface area (Å²) in [6, 6.07) is 6.40. The van der Waals surface area contributed by atoms with E-state index in [1.165, 1.54) is 18.5 Å². The third kappa shape index (κ3) is 4.87. The van der Waals surface area contributed by atoms with Gasteiger partial charge in [-0.05, 0) is 55.8 Å². The Balaban J connectivity index is 1.98. The van der Waals surface area contributed by atoms with Crippen LogP contribution in [0.2, 0.25) is 5.02 Å². The normalized spacial score (nSPS) is 19.0. The predicted octanol–water partition coefficient (Wildman–Crippen LogP) is 3.44. The molecular formula is C17H27ClN2O. The Bertz CT molecular complexity index is 437. The van der Waals surface area contributed by atoms with Gasteiger partial charge >= 0.3 is 0 Å². The summed E-state index contributed by atoms with van der Waals surface area (Å²) in [7, 11) is 0. The van der Waals surface area contributed by atoms with Crippen molar-refractivity contribution in [3.63, 3.8) is 0 Å². The monoisotopic (exact) mass is 310 g/mol. The molecule has 0 bridgehead atoms. The molecule has 1 unspecified atom stereocenters. The van der Waals surface area contributed by atoms with E-state index in [1.807, 2.05) is 0 Å². The molecule has 1 saturated heterocycles. The number of nitrogens with one attached hydrogen (secondary N) is 1. The first-order chi connectivity index (χ1) is 10.2. The van der Waals surface area contributed by atoms with Crippen molar-refractivity contribution in [3.05, 3.63) is 28.8 Å². The number of hydrogen-bond donors (Lipinski definition) is 2. The van der Waals surface area contributed by atoms with Crippen LogP contribution in [0.5, 0.6) is 0 Å². The highest BCUT2D eigenvalue weighted by molar-refractivity contribution is 6.31. The maximum atomic E-state index is 9.11. The smallest absolute Gasteiger partial charge is 0.0471 e. The Morgan fingerprint density at radius 3 is 3.00 bits per heavy atom. The molecule has 2 N–H and O–H groups in total. The standard InChI is InChI=1S/C17H27ClN2O/c1-2-8-19-12-15-5-6-16(11-17(15)18)20-9-3-4-14(13-20)7-10-21/h5-6,11,14,19,21H,2-4,7-10,12-13H2,1H3. The van der Waals surface area contributed by atoms with Gasteiger partial charge in [-0.15, -0.1) is 0 Å². The predicted molar refractivity (Wildman–Crippen MR) is 90.1 cm³/mol. The number of anilines is 1. The van der Waals surface area contributed by atoms with Crippen molar-refractivity contribution in [1.82, 2.24) is 5.32 Å². The number of aliphatic hydroxyl groups is 1. The van der Waals surface area contributed by atoms with E-state index in [1.54, 1.807) is 0 Å². The van der Waals surface area contributed by atoms with Gasteiger partial charge in [0.05, 0.1) is 0 Å². The average molecular weight is 311 g/mol. The van der Waals surface area contributed by atoms with Crippen LogP contribution in [0.25, 0.3) is 0 Å².